The van der Waals surface area contributed by atoms with Crippen LogP contribution in [0.15, 0.2) is 54.7 Å². The van der Waals surface area contributed by atoms with E-state index in [0.717, 1.165) is 11.1 Å². The average Bonchev–Trinajstić information content (AvgIpc) is 2.73. The van der Waals surface area contributed by atoms with Crippen molar-refractivity contribution in [1.29, 1.82) is 0 Å². The number of amides is 1. The van der Waals surface area contributed by atoms with Crippen LogP contribution in [0.1, 0.15) is 27.7 Å². The average molecular weight is 458 g/mol. The number of carbonyl (C=O) groups is 1. The number of nitrogens with one attached hydrogen (secondary N) is 1. The minimum atomic E-state index is -0.557. The van der Waals surface area contributed by atoms with Gasteiger partial charge in [0.25, 0.3) is 0 Å². The molecule has 0 aliphatic heterocycles. The summed E-state index contributed by atoms with van der Waals surface area (Å²) in [4.78, 5) is 21.4. The van der Waals surface area contributed by atoms with Crippen LogP contribution in [-0.2, 0) is 4.79 Å². The number of aromatic nitrogens is 2. The molecular weight excluding hydrogens is 433 g/mol. The summed E-state index contributed by atoms with van der Waals surface area (Å²) in [6.07, 6.45) is 1.59. The molecule has 0 atom stereocenters. The Balaban J connectivity index is 1.91. The molecule has 5 nitrogen and oxygen atoms in total. The van der Waals surface area contributed by atoms with Crippen molar-refractivity contribution in [2.45, 2.75) is 33.2 Å². The zero-order valence-corrected chi connectivity index (χ0v) is 19.5. The third-order valence-corrected chi connectivity index (χ3v) is 5.06. The fraction of sp³-hybridized carbons (Fsp3) is 0.292. The van der Waals surface area contributed by atoms with Crippen molar-refractivity contribution in [3.8, 4) is 28.4 Å². The van der Waals surface area contributed by atoms with Crippen LogP contribution in [0.5, 0.6) is 5.88 Å². The van der Waals surface area contributed by atoms with Crippen LogP contribution in [0.3, 0.4) is 0 Å². The molecule has 162 valence electrons. The second-order valence-corrected chi connectivity index (χ2v) is 9.11. The van der Waals surface area contributed by atoms with E-state index in [1.807, 2.05) is 76.2 Å². The van der Waals surface area contributed by atoms with Gasteiger partial charge < -0.3 is 10.1 Å². The van der Waals surface area contributed by atoms with Gasteiger partial charge in [-0.15, -0.1) is 0 Å². The molecule has 3 rings (SSSR count). The van der Waals surface area contributed by atoms with E-state index in [4.69, 9.17) is 32.9 Å². The topological polar surface area (TPSA) is 64.1 Å². The van der Waals surface area contributed by atoms with Gasteiger partial charge in [0.05, 0.1) is 17.4 Å². The predicted molar refractivity (Wildman–Crippen MR) is 125 cm³/mol. The molecule has 1 aromatic heterocycles. The van der Waals surface area contributed by atoms with Gasteiger partial charge in [0.15, 0.2) is 0 Å². The van der Waals surface area contributed by atoms with Crippen molar-refractivity contribution < 1.29 is 9.53 Å². The van der Waals surface area contributed by atoms with E-state index in [9.17, 15) is 4.79 Å². The molecule has 0 unspecified atom stereocenters. The van der Waals surface area contributed by atoms with Crippen LogP contribution in [0, 0.1) is 5.92 Å². The molecule has 7 heteroatoms. The van der Waals surface area contributed by atoms with Gasteiger partial charge in [-0.25, -0.2) is 9.97 Å². The van der Waals surface area contributed by atoms with E-state index in [2.05, 4.69) is 10.3 Å². The van der Waals surface area contributed by atoms with Gasteiger partial charge in [0, 0.05) is 27.1 Å². The lowest BCUT2D eigenvalue weighted by Gasteiger charge is -2.27. The summed E-state index contributed by atoms with van der Waals surface area (Å²) in [6, 6.07) is 14.8. The molecule has 0 aliphatic rings. The zero-order valence-electron chi connectivity index (χ0n) is 17.9. The van der Waals surface area contributed by atoms with Crippen molar-refractivity contribution >= 4 is 29.1 Å². The largest absolute Gasteiger partial charge is 0.474 e. The first-order valence-corrected chi connectivity index (χ1v) is 10.7. The van der Waals surface area contributed by atoms with Crippen LogP contribution in [0.4, 0.5) is 0 Å². The third-order valence-electron chi connectivity index (χ3n) is 4.55. The Labute approximate surface area is 192 Å². The summed E-state index contributed by atoms with van der Waals surface area (Å²) in [5.41, 5.74) is 2.56. The monoisotopic (exact) mass is 457 g/mol. The third kappa shape index (κ3) is 6.18. The molecule has 2 aromatic carbocycles. The van der Waals surface area contributed by atoms with E-state index < -0.39 is 5.54 Å². The number of nitrogens with zero attached hydrogens (tertiary/aromatic N) is 2. The first-order chi connectivity index (χ1) is 14.6. The molecule has 1 amide bonds. The summed E-state index contributed by atoms with van der Waals surface area (Å²) < 4.78 is 5.91. The Morgan fingerprint density at radius 3 is 2.00 bits per heavy atom. The number of rotatable bonds is 7. The minimum absolute atomic E-state index is 0.0281. The standard InChI is InChI=1S/C24H25Cl2N3O2/c1-15(2)23(30)29-24(3,4)14-31-20-13-27-21(16-5-9-18(25)10-6-16)22(28-20)17-7-11-19(26)12-8-17/h5-13,15H,14H2,1-4H3,(H,29,30). The van der Waals surface area contributed by atoms with Gasteiger partial charge in [0.2, 0.25) is 11.8 Å². The second-order valence-electron chi connectivity index (χ2n) is 8.24. The van der Waals surface area contributed by atoms with E-state index >= 15 is 0 Å². The molecule has 1 heterocycles. The molecule has 3 aromatic rings. The zero-order chi connectivity index (χ0) is 22.6. The first-order valence-electron chi connectivity index (χ1n) is 9.98. The van der Waals surface area contributed by atoms with Crippen molar-refractivity contribution in [3.63, 3.8) is 0 Å². The van der Waals surface area contributed by atoms with Gasteiger partial charge >= 0.3 is 0 Å². The molecular formula is C24H25Cl2N3O2. The van der Waals surface area contributed by atoms with Crippen LogP contribution < -0.4 is 10.1 Å². The summed E-state index contributed by atoms with van der Waals surface area (Å²) in [5, 5.41) is 4.27. The van der Waals surface area contributed by atoms with Crippen LogP contribution in [0.25, 0.3) is 22.5 Å². The quantitative estimate of drug-likeness (QED) is 0.468. The van der Waals surface area contributed by atoms with Crippen molar-refractivity contribution in [1.82, 2.24) is 15.3 Å². The number of benzene rings is 2. The molecule has 0 radical (unpaired) electrons. The van der Waals surface area contributed by atoms with Gasteiger partial charge in [-0.2, -0.15) is 0 Å². The molecule has 0 saturated carbocycles. The second kappa shape index (κ2) is 9.67. The highest BCUT2D eigenvalue weighted by Crippen LogP contribution is 2.31. The molecule has 0 bridgehead atoms. The van der Waals surface area contributed by atoms with Crippen LogP contribution >= 0.6 is 23.2 Å². The molecule has 0 aliphatic carbocycles. The maximum atomic E-state index is 12.0. The molecule has 31 heavy (non-hydrogen) atoms. The Bertz CT molecular complexity index is 1050. The number of hydrogen-bond donors (Lipinski definition) is 1. The lowest BCUT2D eigenvalue weighted by molar-refractivity contribution is -0.126. The molecule has 0 spiro atoms. The highest BCUT2D eigenvalue weighted by atomic mass is 35.5. The summed E-state index contributed by atoms with van der Waals surface area (Å²) >= 11 is 12.1. The normalized spacial score (nSPS) is 11.5. The van der Waals surface area contributed by atoms with E-state index in [1.165, 1.54) is 0 Å². The predicted octanol–water partition coefficient (Wildman–Crippen LogP) is 6.05. The maximum absolute atomic E-state index is 12.0. The smallest absolute Gasteiger partial charge is 0.233 e. The Morgan fingerprint density at radius 2 is 1.48 bits per heavy atom. The highest BCUT2D eigenvalue weighted by molar-refractivity contribution is 6.31. The minimum Gasteiger partial charge on any atom is -0.474 e. The number of carbonyl (C=O) groups excluding carboxylic acids is 1. The Kier molecular flexibility index (Phi) is 7.19. The number of hydrogen-bond acceptors (Lipinski definition) is 4. The number of ether oxygens (including phenoxy) is 1. The Hall–Kier alpha value is -2.63. The SMILES string of the molecule is CC(C)C(=O)NC(C)(C)COc1cnc(-c2ccc(Cl)cc2)c(-c2ccc(Cl)cc2)n1. The van der Waals surface area contributed by atoms with Crippen molar-refractivity contribution in [2.75, 3.05) is 6.61 Å². The van der Waals surface area contributed by atoms with Gasteiger partial charge in [-0.05, 0) is 38.1 Å². The highest BCUT2D eigenvalue weighted by Gasteiger charge is 2.23. The Morgan fingerprint density at radius 1 is 0.968 bits per heavy atom. The lowest BCUT2D eigenvalue weighted by Crippen LogP contribution is -2.49. The first kappa shape index (κ1) is 23.0. The van der Waals surface area contributed by atoms with Crippen LogP contribution in [-0.4, -0.2) is 28.0 Å². The van der Waals surface area contributed by atoms with Gasteiger partial charge in [0.1, 0.15) is 12.3 Å². The van der Waals surface area contributed by atoms with Crippen LogP contribution in [0.2, 0.25) is 10.0 Å². The number of halogens is 2. The van der Waals surface area contributed by atoms with Gasteiger partial charge in [-0.3, -0.25) is 4.79 Å². The fourth-order valence-electron chi connectivity index (χ4n) is 2.84. The summed E-state index contributed by atoms with van der Waals surface area (Å²) in [5.74, 6) is 0.239. The van der Waals surface area contributed by atoms with E-state index in [1.54, 1.807) is 6.20 Å². The summed E-state index contributed by atoms with van der Waals surface area (Å²) in [7, 11) is 0. The fourth-order valence-corrected chi connectivity index (χ4v) is 3.09. The van der Waals surface area contributed by atoms with E-state index in [0.29, 0.717) is 27.3 Å². The van der Waals surface area contributed by atoms with Gasteiger partial charge in [-0.1, -0.05) is 61.3 Å². The molecule has 1 N–H and O–H groups in total. The summed E-state index contributed by atoms with van der Waals surface area (Å²) in [6.45, 7) is 7.77. The van der Waals surface area contributed by atoms with E-state index in [-0.39, 0.29) is 18.4 Å². The maximum Gasteiger partial charge on any atom is 0.233 e. The van der Waals surface area contributed by atoms with Crippen molar-refractivity contribution in [2.24, 2.45) is 5.92 Å². The molecule has 0 fully saturated rings. The lowest BCUT2D eigenvalue weighted by atomic mass is 10.0. The van der Waals surface area contributed by atoms with Crippen molar-refractivity contribution in [3.05, 3.63) is 64.8 Å². The molecule has 0 saturated heterocycles.